The molecule has 0 saturated heterocycles. The van der Waals surface area contributed by atoms with Gasteiger partial charge in [-0.05, 0) is 29.5 Å². The minimum atomic E-state index is -3.28. The van der Waals surface area contributed by atoms with Crippen LogP contribution in [0, 0.1) is 0 Å². The third-order valence-electron chi connectivity index (χ3n) is 2.48. The summed E-state index contributed by atoms with van der Waals surface area (Å²) >= 11 is 0. The Morgan fingerprint density at radius 3 is 2.32 bits per heavy atom. The average Bonchev–Trinajstić information content (AvgIpc) is 2.27. The fraction of sp³-hybridized carbons (Fsp3) is 0.357. The van der Waals surface area contributed by atoms with Crippen molar-refractivity contribution < 1.29 is 8.42 Å². The molecule has 0 aliphatic carbocycles. The number of nitrogens with one attached hydrogen (secondary N) is 1. The van der Waals surface area contributed by atoms with Crippen LogP contribution in [0.5, 0.6) is 0 Å². The van der Waals surface area contributed by atoms with Crippen molar-refractivity contribution >= 4 is 22.3 Å². The second kappa shape index (κ2) is 6.52. The Balaban J connectivity index is 2.73. The van der Waals surface area contributed by atoms with Gasteiger partial charge < -0.3 is 0 Å². The number of benzene rings is 1. The zero-order chi connectivity index (χ0) is 14.5. The first-order chi connectivity index (χ1) is 8.78. The molecule has 0 amide bonds. The van der Waals surface area contributed by atoms with Gasteiger partial charge in [-0.2, -0.15) is 5.10 Å². The van der Waals surface area contributed by atoms with E-state index in [0.29, 0.717) is 5.92 Å². The van der Waals surface area contributed by atoms with E-state index in [-0.39, 0.29) is 0 Å². The Hall–Kier alpha value is -1.62. The molecule has 0 heterocycles. The summed E-state index contributed by atoms with van der Waals surface area (Å²) in [6.07, 6.45) is 4.49. The highest BCUT2D eigenvalue weighted by molar-refractivity contribution is 7.88. The first-order valence-electron chi connectivity index (χ1n) is 6.06. The molecule has 0 aromatic heterocycles. The molecule has 0 radical (unpaired) electrons. The van der Waals surface area contributed by atoms with Crippen LogP contribution in [-0.2, 0) is 10.0 Å². The van der Waals surface area contributed by atoms with Crippen LogP contribution < -0.4 is 4.83 Å². The van der Waals surface area contributed by atoms with Gasteiger partial charge in [0.15, 0.2) is 0 Å². The maximum Gasteiger partial charge on any atom is 0.244 e. The number of hydrogen-bond donors (Lipinski definition) is 1. The Morgan fingerprint density at radius 1 is 1.26 bits per heavy atom. The van der Waals surface area contributed by atoms with E-state index < -0.39 is 10.0 Å². The fourth-order valence-electron chi connectivity index (χ4n) is 1.50. The van der Waals surface area contributed by atoms with Crippen molar-refractivity contribution in [3.63, 3.8) is 0 Å². The lowest BCUT2D eigenvalue weighted by Crippen LogP contribution is -2.15. The van der Waals surface area contributed by atoms with Crippen LogP contribution in [0.4, 0.5) is 0 Å². The van der Waals surface area contributed by atoms with E-state index in [9.17, 15) is 8.42 Å². The van der Waals surface area contributed by atoms with E-state index in [4.69, 9.17) is 0 Å². The van der Waals surface area contributed by atoms with Crippen molar-refractivity contribution in [2.24, 2.45) is 5.10 Å². The normalized spacial score (nSPS) is 13.2. The topological polar surface area (TPSA) is 58.5 Å². The van der Waals surface area contributed by atoms with E-state index in [1.54, 1.807) is 0 Å². The lowest BCUT2D eigenvalue weighted by atomic mass is 10.0. The Morgan fingerprint density at radius 2 is 1.84 bits per heavy atom. The quantitative estimate of drug-likeness (QED) is 0.666. The molecular weight excluding hydrogens is 260 g/mol. The predicted molar refractivity (Wildman–Crippen MR) is 80.7 cm³/mol. The highest BCUT2D eigenvalue weighted by atomic mass is 32.2. The molecule has 1 N–H and O–H groups in total. The van der Waals surface area contributed by atoms with Crippen molar-refractivity contribution in [1.29, 1.82) is 0 Å². The molecule has 5 heteroatoms. The number of hydrazone groups is 1. The van der Waals surface area contributed by atoms with Gasteiger partial charge in [-0.25, -0.2) is 13.2 Å². The predicted octanol–water partition coefficient (Wildman–Crippen LogP) is 2.75. The van der Waals surface area contributed by atoms with E-state index >= 15 is 0 Å². The number of hydrogen-bond acceptors (Lipinski definition) is 3. The molecular formula is C14H20N2O2S. The molecule has 0 atom stereocenters. The van der Waals surface area contributed by atoms with Crippen LogP contribution >= 0.6 is 0 Å². The zero-order valence-electron chi connectivity index (χ0n) is 11.7. The van der Waals surface area contributed by atoms with Gasteiger partial charge in [-0.15, -0.1) is 0 Å². The molecule has 104 valence electrons. The smallest absolute Gasteiger partial charge is 0.206 e. The lowest BCUT2D eigenvalue weighted by Gasteiger charge is -2.05. The largest absolute Gasteiger partial charge is 0.244 e. The van der Waals surface area contributed by atoms with Gasteiger partial charge in [-0.1, -0.05) is 44.2 Å². The van der Waals surface area contributed by atoms with Gasteiger partial charge in [0.25, 0.3) is 0 Å². The van der Waals surface area contributed by atoms with Crippen molar-refractivity contribution in [3.8, 4) is 0 Å². The number of sulfonamides is 1. The Labute approximate surface area is 115 Å². The van der Waals surface area contributed by atoms with Crippen molar-refractivity contribution in [1.82, 2.24) is 4.83 Å². The molecule has 0 bridgehead atoms. The third-order valence-corrected chi connectivity index (χ3v) is 2.92. The highest BCUT2D eigenvalue weighted by Crippen LogP contribution is 2.15. The summed E-state index contributed by atoms with van der Waals surface area (Å²) in [6.45, 7) is 6.17. The standard InChI is InChI=1S/C14H20N2O2S/c1-11(2)14-7-5-13(6-8-14)9-12(3)10-15-16-19(4,17)18/h5-11,16H,1-4H3/b12-9-,15-10-. The average molecular weight is 280 g/mol. The van der Waals surface area contributed by atoms with Gasteiger partial charge in [0, 0.05) is 0 Å². The van der Waals surface area contributed by atoms with Gasteiger partial charge in [-0.3, -0.25) is 0 Å². The molecule has 0 aliphatic heterocycles. The molecule has 4 nitrogen and oxygen atoms in total. The van der Waals surface area contributed by atoms with Crippen LogP contribution in [0.15, 0.2) is 34.9 Å². The molecule has 0 spiro atoms. The Bertz CT molecular complexity index is 570. The summed E-state index contributed by atoms with van der Waals surface area (Å²) < 4.78 is 21.7. The second-order valence-corrected chi connectivity index (χ2v) is 6.56. The van der Waals surface area contributed by atoms with Crippen LogP contribution in [0.25, 0.3) is 6.08 Å². The third kappa shape index (κ3) is 6.20. The van der Waals surface area contributed by atoms with Crippen LogP contribution in [0.3, 0.4) is 0 Å². The fourth-order valence-corrected chi connectivity index (χ4v) is 1.75. The summed E-state index contributed by atoms with van der Waals surface area (Å²) in [7, 11) is -3.28. The van der Waals surface area contributed by atoms with Crippen LogP contribution in [0.2, 0.25) is 0 Å². The van der Waals surface area contributed by atoms with Gasteiger partial charge in [0.1, 0.15) is 0 Å². The molecule has 1 aromatic rings. The summed E-state index contributed by atoms with van der Waals surface area (Å²) in [6, 6.07) is 8.26. The number of allylic oxidation sites excluding steroid dienone is 1. The zero-order valence-corrected chi connectivity index (χ0v) is 12.5. The molecule has 1 rings (SSSR count). The molecule has 1 aromatic carbocycles. The molecule has 19 heavy (non-hydrogen) atoms. The highest BCUT2D eigenvalue weighted by Gasteiger charge is 1.98. The summed E-state index contributed by atoms with van der Waals surface area (Å²) in [5.41, 5.74) is 3.23. The maximum atomic E-state index is 10.8. The monoisotopic (exact) mass is 280 g/mol. The molecule has 0 fully saturated rings. The van der Waals surface area contributed by atoms with E-state index in [1.807, 2.05) is 25.1 Å². The summed E-state index contributed by atoms with van der Waals surface area (Å²) in [4.78, 5) is 2.06. The first kappa shape index (κ1) is 15.4. The minimum absolute atomic E-state index is 0.514. The molecule has 0 unspecified atom stereocenters. The van der Waals surface area contributed by atoms with Crippen molar-refractivity contribution in [3.05, 3.63) is 41.0 Å². The van der Waals surface area contributed by atoms with Crippen molar-refractivity contribution in [2.45, 2.75) is 26.7 Å². The van der Waals surface area contributed by atoms with Crippen LogP contribution in [0.1, 0.15) is 37.8 Å². The summed E-state index contributed by atoms with van der Waals surface area (Å²) in [5.74, 6) is 0.514. The first-order valence-corrected chi connectivity index (χ1v) is 7.95. The Kier molecular flexibility index (Phi) is 5.30. The molecule has 0 aliphatic rings. The number of nitrogens with zero attached hydrogens (tertiary/aromatic N) is 1. The van der Waals surface area contributed by atoms with E-state index in [0.717, 1.165) is 17.4 Å². The van der Waals surface area contributed by atoms with E-state index in [1.165, 1.54) is 11.8 Å². The maximum absolute atomic E-state index is 10.8. The second-order valence-electron chi connectivity index (χ2n) is 4.83. The lowest BCUT2D eigenvalue weighted by molar-refractivity contribution is 0.591. The molecule has 0 saturated carbocycles. The minimum Gasteiger partial charge on any atom is -0.206 e. The van der Waals surface area contributed by atoms with Gasteiger partial charge in [0.2, 0.25) is 10.0 Å². The number of rotatable bonds is 5. The SMILES string of the molecule is CC(/C=N\NS(C)(=O)=O)=C/c1ccc(C(C)C)cc1. The van der Waals surface area contributed by atoms with Crippen LogP contribution in [-0.4, -0.2) is 20.9 Å². The van der Waals surface area contributed by atoms with Gasteiger partial charge in [0.05, 0.1) is 12.5 Å². The van der Waals surface area contributed by atoms with E-state index in [2.05, 4.69) is 35.9 Å². The van der Waals surface area contributed by atoms with Crippen molar-refractivity contribution in [2.75, 3.05) is 6.26 Å². The summed E-state index contributed by atoms with van der Waals surface area (Å²) in [5, 5.41) is 3.65. The van der Waals surface area contributed by atoms with Gasteiger partial charge >= 0.3 is 0 Å².